The third kappa shape index (κ3) is 3.63. The molecule has 0 spiro atoms. The Balaban J connectivity index is 0.000000570. The summed E-state index contributed by atoms with van der Waals surface area (Å²) in [6.07, 6.45) is 6.94. The molecular formula is C17H26N6O2. The van der Waals surface area contributed by atoms with Gasteiger partial charge in [-0.3, -0.25) is 14.1 Å². The molecule has 0 radical (unpaired) electrons. The van der Waals surface area contributed by atoms with Crippen molar-refractivity contribution in [2.75, 3.05) is 19.8 Å². The van der Waals surface area contributed by atoms with Crippen LogP contribution in [-0.2, 0) is 9.53 Å². The summed E-state index contributed by atoms with van der Waals surface area (Å²) in [6.45, 7) is 6.81. The van der Waals surface area contributed by atoms with E-state index in [1.807, 2.05) is 12.3 Å². The molecule has 4 heterocycles. The molecule has 0 saturated carbocycles. The van der Waals surface area contributed by atoms with Crippen molar-refractivity contribution in [1.82, 2.24) is 29.5 Å². The average molecular weight is 346 g/mol. The third-order valence-corrected chi connectivity index (χ3v) is 4.16. The number of carbonyl (C=O) groups is 1. The molecule has 8 nitrogen and oxygen atoms in total. The molecule has 1 N–H and O–H groups in total. The minimum Gasteiger partial charge on any atom is -0.452 e. The Bertz CT molecular complexity index is 833. The number of likely N-dealkylation sites (tertiary alicyclic amines) is 1. The summed E-state index contributed by atoms with van der Waals surface area (Å²) >= 11 is 0. The van der Waals surface area contributed by atoms with E-state index in [0.29, 0.717) is 13.2 Å². The zero-order valence-corrected chi connectivity index (χ0v) is 14.7. The van der Waals surface area contributed by atoms with Gasteiger partial charge in [-0.2, -0.15) is 0 Å². The summed E-state index contributed by atoms with van der Waals surface area (Å²) in [7, 11) is 0. The first-order valence-corrected chi connectivity index (χ1v) is 8.73. The van der Waals surface area contributed by atoms with Crippen molar-refractivity contribution in [3.8, 4) is 0 Å². The molecule has 1 aliphatic rings. The van der Waals surface area contributed by atoms with Crippen LogP contribution in [0.15, 0.2) is 18.5 Å². The van der Waals surface area contributed by atoms with Gasteiger partial charge in [0.15, 0.2) is 11.3 Å². The van der Waals surface area contributed by atoms with Gasteiger partial charge < -0.3 is 9.72 Å². The number of H-pyrrole nitrogens is 1. The van der Waals surface area contributed by atoms with Gasteiger partial charge in [-0.05, 0) is 18.9 Å². The molecule has 0 aromatic carbocycles. The molecule has 0 amide bonds. The van der Waals surface area contributed by atoms with Crippen LogP contribution in [0.1, 0.15) is 46.3 Å². The van der Waals surface area contributed by atoms with Crippen molar-refractivity contribution in [1.29, 1.82) is 0 Å². The van der Waals surface area contributed by atoms with Crippen molar-refractivity contribution in [2.24, 2.45) is 0 Å². The number of carbonyl (C=O) groups excluding carboxylic acids is 1. The Morgan fingerprint density at radius 1 is 1.44 bits per heavy atom. The van der Waals surface area contributed by atoms with Crippen molar-refractivity contribution < 1.29 is 11.0 Å². The summed E-state index contributed by atoms with van der Waals surface area (Å²) in [6, 6.07) is 1.98. The second kappa shape index (κ2) is 8.06. The van der Waals surface area contributed by atoms with Crippen molar-refractivity contribution in [2.45, 2.75) is 39.0 Å². The monoisotopic (exact) mass is 346 g/mol. The van der Waals surface area contributed by atoms with Gasteiger partial charge >= 0.3 is 0 Å². The molecule has 1 atom stereocenters. The van der Waals surface area contributed by atoms with Gasteiger partial charge in [0, 0.05) is 26.6 Å². The maximum atomic E-state index is 10.4. The van der Waals surface area contributed by atoms with E-state index in [1.165, 1.54) is 6.42 Å². The minimum absolute atomic E-state index is 0. The van der Waals surface area contributed by atoms with Gasteiger partial charge in [0.05, 0.1) is 11.7 Å². The number of rotatable bonds is 4. The van der Waals surface area contributed by atoms with Crippen LogP contribution in [-0.4, -0.2) is 55.8 Å². The Morgan fingerprint density at radius 2 is 2.28 bits per heavy atom. The van der Waals surface area contributed by atoms with Crippen LogP contribution >= 0.6 is 0 Å². The molecular weight excluding hydrogens is 320 g/mol. The number of piperidine rings is 1. The molecule has 1 saturated heterocycles. The van der Waals surface area contributed by atoms with Crippen molar-refractivity contribution in [3.63, 3.8) is 0 Å². The van der Waals surface area contributed by atoms with Gasteiger partial charge in [-0.25, -0.2) is 4.98 Å². The van der Waals surface area contributed by atoms with Crippen molar-refractivity contribution in [3.05, 3.63) is 24.3 Å². The molecule has 3 aromatic heterocycles. The SMILES string of the molecule is CCC.O=COCN1CCC[C@H](c2nnc3cnc4[nH]ccc4n23)C1.[HH]. The largest absolute Gasteiger partial charge is 0.452 e. The topological polar surface area (TPSA) is 88.4 Å². The number of aromatic nitrogens is 5. The molecule has 0 aliphatic carbocycles. The number of hydrogen-bond acceptors (Lipinski definition) is 6. The molecule has 1 aliphatic heterocycles. The predicted octanol–water partition coefficient (Wildman–Crippen LogP) is 2.58. The van der Waals surface area contributed by atoms with Gasteiger partial charge in [0.1, 0.15) is 12.6 Å². The molecule has 3 aromatic rings. The van der Waals surface area contributed by atoms with Crippen LogP contribution < -0.4 is 0 Å². The maximum absolute atomic E-state index is 10.4. The standard InChI is InChI=1S/C14H16N6O2.C3H8.H2/c21-9-22-8-19-5-1-2-10(7-19)14-18-17-12-6-16-13-11(20(12)14)3-4-15-13;1-3-2;/h3-4,6,9-10,15H,1-2,5,7-8H2;3H2,1-2H3;1H/t10-;;/m0../s1. The van der Waals surface area contributed by atoms with E-state index in [-0.39, 0.29) is 7.34 Å². The summed E-state index contributed by atoms with van der Waals surface area (Å²) in [5.41, 5.74) is 2.56. The summed E-state index contributed by atoms with van der Waals surface area (Å²) < 4.78 is 6.93. The Labute approximate surface area is 147 Å². The van der Waals surface area contributed by atoms with Crippen LogP contribution in [0.25, 0.3) is 16.8 Å². The first-order valence-electron chi connectivity index (χ1n) is 8.73. The van der Waals surface area contributed by atoms with E-state index < -0.39 is 0 Å². The van der Waals surface area contributed by atoms with E-state index in [2.05, 4.69) is 43.3 Å². The fraction of sp³-hybridized carbons (Fsp3) is 0.529. The normalized spacial score (nSPS) is 18.1. The predicted molar refractivity (Wildman–Crippen MR) is 96.3 cm³/mol. The highest BCUT2D eigenvalue weighted by atomic mass is 16.5. The van der Waals surface area contributed by atoms with Crippen molar-refractivity contribution >= 4 is 23.3 Å². The molecule has 0 unspecified atom stereocenters. The van der Waals surface area contributed by atoms with Gasteiger partial charge in [0.2, 0.25) is 0 Å². The molecule has 25 heavy (non-hydrogen) atoms. The number of fused-ring (bicyclic) bond motifs is 3. The highest BCUT2D eigenvalue weighted by Gasteiger charge is 2.26. The van der Waals surface area contributed by atoms with E-state index in [0.717, 1.165) is 48.6 Å². The summed E-state index contributed by atoms with van der Waals surface area (Å²) in [5, 5.41) is 8.63. The number of aromatic amines is 1. The lowest BCUT2D eigenvalue weighted by atomic mass is 9.97. The van der Waals surface area contributed by atoms with Crippen LogP contribution in [0, 0.1) is 0 Å². The fourth-order valence-electron chi connectivity index (χ4n) is 3.18. The van der Waals surface area contributed by atoms with Crippen LogP contribution in [0.4, 0.5) is 0 Å². The van der Waals surface area contributed by atoms with Gasteiger partial charge in [-0.15, -0.1) is 10.2 Å². The Morgan fingerprint density at radius 3 is 3.08 bits per heavy atom. The summed E-state index contributed by atoms with van der Waals surface area (Å²) in [5.74, 6) is 1.21. The highest BCUT2D eigenvalue weighted by molar-refractivity contribution is 5.74. The van der Waals surface area contributed by atoms with E-state index in [1.54, 1.807) is 6.20 Å². The van der Waals surface area contributed by atoms with Gasteiger partial charge in [-0.1, -0.05) is 20.3 Å². The van der Waals surface area contributed by atoms with E-state index >= 15 is 0 Å². The molecule has 0 bridgehead atoms. The second-order valence-electron chi connectivity index (χ2n) is 6.24. The summed E-state index contributed by atoms with van der Waals surface area (Å²) in [4.78, 5) is 19.9. The molecule has 136 valence electrons. The quantitative estimate of drug-likeness (QED) is 0.731. The van der Waals surface area contributed by atoms with Crippen LogP contribution in [0.2, 0.25) is 0 Å². The van der Waals surface area contributed by atoms with E-state index in [9.17, 15) is 4.79 Å². The lowest BCUT2D eigenvalue weighted by molar-refractivity contribution is -0.133. The molecule has 1 fully saturated rings. The third-order valence-electron chi connectivity index (χ3n) is 4.16. The smallest absolute Gasteiger partial charge is 0.294 e. The van der Waals surface area contributed by atoms with Gasteiger partial charge in [0.25, 0.3) is 6.47 Å². The highest BCUT2D eigenvalue weighted by Crippen LogP contribution is 2.27. The lowest BCUT2D eigenvalue weighted by Crippen LogP contribution is -2.36. The van der Waals surface area contributed by atoms with Crippen LogP contribution in [0.3, 0.4) is 0 Å². The number of nitrogens with one attached hydrogen (secondary N) is 1. The number of nitrogens with zero attached hydrogens (tertiary/aromatic N) is 5. The fourth-order valence-corrected chi connectivity index (χ4v) is 3.18. The number of ether oxygens (including phenoxy) is 1. The molecule has 4 rings (SSSR count). The minimum atomic E-state index is 0. The first kappa shape index (κ1) is 17.3. The van der Waals surface area contributed by atoms with E-state index in [4.69, 9.17) is 4.74 Å². The maximum Gasteiger partial charge on any atom is 0.294 e. The Hall–Kier alpha value is -2.48. The second-order valence-corrected chi connectivity index (χ2v) is 6.24. The zero-order chi connectivity index (χ0) is 17.6. The Kier molecular flexibility index (Phi) is 5.60. The van der Waals surface area contributed by atoms with Crippen LogP contribution in [0.5, 0.6) is 0 Å². The average Bonchev–Trinajstić information content (AvgIpc) is 3.26. The lowest BCUT2D eigenvalue weighted by Gasteiger charge is -2.30. The number of hydrogen-bond donors (Lipinski definition) is 1. The molecule has 8 heteroatoms. The zero-order valence-electron chi connectivity index (χ0n) is 14.7. The first-order chi connectivity index (χ1) is 12.3.